The highest BCUT2D eigenvalue weighted by atomic mass is 32.1. The molecule has 1 fully saturated rings. The second-order valence-corrected chi connectivity index (χ2v) is 7.70. The summed E-state index contributed by atoms with van der Waals surface area (Å²) in [4.78, 5) is 15.6. The number of carbonyl (C=O) groups is 1. The third kappa shape index (κ3) is 4.41. The van der Waals surface area contributed by atoms with E-state index in [-0.39, 0.29) is 5.91 Å². The third-order valence-corrected chi connectivity index (χ3v) is 5.25. The molecule has 1 aliphatic rings. The van der Waals surface area contributed by atoms with Crippen LogP contribution in [-0.4, -0.2) is 28.9 Å². The van der Waals surface area contributed by atoms with Crippen LogP contribution in [0.5, 0.6) is 0 Å². The minimum Gasteiger partial charge on any atom is -0.392 e. The van der Waals surface area contributed by atoms with E-state index in [2.05, 4.69) is 27.7 Å². The average molecular weight is 313 g/mol. The lowest BCUT2D eigenvalue weighted by molar-refractivity contribution is -0.139. The van der Waals surface area contributed by atoms with Gasteiger partial charge in [-0.05, 0) is 37.5 Å². The first-order chi connectivity index (χ1) is 9.79. The van der Waals surface area contributed by atoms with Gasteiger partial charge in [-0.25, -0.2) is 0 Å². The summed E-state index contributed by atoms with van der Waals surface area (Å²) < 4.78 is 0. The van der Waals surface area contributed by atoms with Crippen LogP contribution in [0.3, 0.4) is 0 Å². The summed E-state index contributed by atoms with van der Waals surface area (Å²) in [7, 11) is 0. The molecular weight excluding hydrogens is 280 g/mol. The molecule has 0 bridgehead atoms. The van der Waals surface area contributed by atoms with Crippen molar-refractivity contribution in [1.82, 2.24) is 4.90 Å². The van der Waals surface area contributed by atoms with Gasteiger partial charge in [-0.3, -0.25) is 4.79 Å². The van der Waals surface area contributed by atoms with Gasteiger partial charge in [-0.2, -0.15) is 0 Å². The lowest BCUT2D eigenvalue weighted by Gasteiger charge is -2.36. The molecule has 4 heteroatoms. The topological polar surface area (TPSA) is 46.3 Å². The van der Waals surface area contributed by atoms with Gasteiger partial charge in [0.1, 0.15) is 0 Å². The van der Waals surface area contributed by atoms with Crippen molar-refractivity contribution in [3.05, 3.63) is 0 Å². The lowest BCUT2D eigenvalue weighted by Crippen LogP contribution is -2.51. The Morgan fingerprint density at radius 1 is 1.19 bits per heavy atom. The summed E-state index contributed by atoms with van der Waals surface area (Å²) in [6, 6.07) is 0. The normalized spacial score (nSPS) is 19.1. The first kappa shape index (κ1) is 18.4. The molecule has 1 amide bonds. The minimum absolute atomic E-state index is 0.177. The molecule has 0 aromatic carbocycles. The van der Waals surface area contributed by atoms with Gasteiger partial charge in [0.05, 0.1) is 10.4 Å². The van der Waals surface area contributed by atoms with Crippen LogP contribution in [0, 0.1) is 10.8 Å². The van der Waals surface area contributed by atoms with E-state index in [0.717, 1.165) is 51.6 Å². The van der Waals surface area contributed by atoms with Crippen LogP contribution in [0.2, 0.25) is 0 Å². The smallest absolute Gasteiger partial charge is 0.235 e. The number of hydrogen-bond donors (Lipinski definition) is 1. The molecule has 1 saturated heterocycles. The maximum absolute atomic E-state index is 13.2. The summed E-state index contributed by atoms with van der Waals surface area (Å²) in [5.74, 6) is 0.177. The lowest BCUT2D eigenvalue weighted by atomic mass is 9.77. The standard InChI is InChI=1S/C17H32N2OS/c1-5-8-17(9-6-2,14(18)21)15(20)19-12-7-10-16(3,4)11-13-19/h5-13H2,1-4H3,(H2,18,21). The Bertz CT molecular complexity index is 373. The number of amides is 1. The Hall–Kier alpha value is -0.640. The molecule has 0 atom stereocenters. The second kappa shape index (κ2) is 7.57. The Balaban J connectivity index is 2.96. The van der Waals surface area contributed by atoms with E-state index in [1.54, 1.807) is 0 Å². The van der Waals surface area contributed by atoms with Crippen molar-refractivity contribution in [2.75, 3.05) is 13.1 Å². The Kier molecular flexibility index (Phi) is 6.64. The fourth-order valence-corrected chi connectivity index (χ4v) is 3.76. The molecule has 0 aliphatic carbocycles. The van der Waals surface area contributed by atoms with Gasteiger partial charge in [0.15, 0.2) is 0 Å². The maximum atomic E-state index is 13.2. The van der Waals surface area contributed by atoms with Gasteiger partial charge >= 0.3 is 0 Å². The summed E-state index contributed by atoms with van der Waals surface area (Å²) in [6.45, 7) is 10.5. The molecule has 0 aromatic rings. The molecule has 1 aliphatic heterocycles. The van der Waals surface area contributed by atoms with E-state index in [9.17, 15) is 4.79 Å². The van der Waals surface area contributed by atoms with Crippen LogP contribution in [0.25, 0.3) is 0 Å². The number of nitrogens with zero attached hydrogens (tertiary/aromatic N) is 1. The van der Waals surface area contributed by atoms with E-state index in [4.69, 9.17) is 18.0 Å². The van der Waals surface area contributed by atoms with Crippen molar-refractivity contribution in [2.24, 2.45) is 16.6 Å². The minimum atomic E-state index is -0.618. The summed E-state index contributed by atoms with van der Waals surface area (Å²) in [6.07, 6.45) is 6.72. The molecular formula is C17H32N2OS. The first-order valence-corrected chi connectivity index (χ1v) is 8.79. The molecule has 0 spiro atoms. The van der Waals surface area contributed by atoms with Gasteiger partial charge < -0.3 is 10.6 Å². The zero-order valence-corrected chi connectivity index (χ0v) is 15.0. The van der Waals surface area contributed by atoms with Crippen molar-refractivity contribution in [3.8, 4) is 0 Å². The number of nitrogens with two attached hydrogens (primary N) is 1. The van der Waals surface area contributed by atoms with Crippen LogP contribution < -0.4 is 5.73 Å². The summed E-state index contributed by atoms with van der Waals surface area (Å²) >= 11 is 5.31. The quantitative estimate of drug-likeness (QED) is 0.757. The number of thiocarbonyl (C=S) groups is 1. The van der Waals surface area contributed by atoms with Crippen molar-refractivity contribution in [3.63, 3.8) is 0 Å². The molecule has 21 heavy (non-hydrogen) atoms. The van der Waals surface area contributed by atoms with Gasteiger partial charge in [0.2, 0.25) is 5.91 Å². The summed E-state index contributed by atoms with van der Waals surface area (Å²) in [5.41, 5.74) is 5.74. The number of rotatable bonds is 6. The third-order valence-electron chi connectivity index (χ3n) is 4.86. The molecule has 3 nitrogen and oxygen atoms in total. The van der Waals surface area contributed by atoms with Gasteiger partial charge in [0, 0.05) is 13.1 Å². The van der Waals surface area contributed by atoms with Crippen LogP contribution in [0.4, 0.5) is 0 Å². The predicted molar refractivity (Wildman–Crippen MR) is 93.2 cm³/mol. The van der Waals surface area contributed by atoms with Crippen molar-refractivity contribution in [2.45, 2.75) is 72.6 Å². The SMILES string of the molecule is CCCC(CCC)(C(=O)N1CCCC(C)(C)CC1)C(N)=S. The monoisotopic (exact) mass is 312 g/mol. The number of carbonyl (C=O) groups excluding carboxylic acids is 1. The van der Waals surface area contributed by atoms with Gasteiger partial charge in [-0.1, -0.05) is 52.8 Å². The molecule has 1 rings (SSSR count). The van der Waals surface area contributed by atoms with E-state index < -0.39 is 5.41 Å². The fraction of sp³-hybridized carbons (Fsp3) is 0.882. The van der Waals surface area contributed by atoms with E-state index in [0.29, 0.717) is 10.4 Å². The largest absolute Gasteiger partial charge is 0.392 e. The van der Waals surface area contributed by atoms with Crippen molar-refractivity contribution in [1.29, 1.82) is 0 Å². The highest BCUT2D eigenvalue weighted by Crippen LogP contribution is 2.36. The van der Waals surface area contributed by atoms with Gasteiger partial charge in [0.25, 0.3) is 0 Å². The maximum Gasteiger partial charge on any atom is 0.235 e. The molecule has 2 N–H and O–H groups in total. The van der Waals surface area contributed by atoms with Crippen LogP contribution in [0.15, 0.2) is 0 Å². The molecule has 0 unspecified atom stereocenters. The Morgan fingerprint density at radius 2 is 1.76 bits per heavy atom. The van der Waals surface area contributed by atoms with Crippen molar-refractivity contribution < 1.29 is 4.79 Å². The molecule has 0 radical (unpaired) electrons. The number of hydrogen-bond acceptors (Lipinski definition) is 2. The second-order valence-electron chi connectivity index (χ2n) is 7.26. The van der Waals surface area contributed by atoms with E-state index in [1.807, 2.05) is 4.90 Å². The molecule has 122 valence electrons. The number of likely N-dealkylation sites (tertiary alicyclic amines) is 1. The predicted octanol–water partition coefficient (Wildman–Crippen LogP) is 3.90. The molecule has 1 heterocycles. The zero-order valence-electron chi connectivity index (χ0n) is 14.2. The first-order valence-electron chi connectivity index (χ1n) is 8.38. The van der Waals surface area contributed by atoms with E-state index >= 15 is 0 Å². The van der Waals surface area contributed by atoms with Crippen LogP contribution in [-0.2, 0) is 4.79 Å². The highest BCUT2D eigenvalue weighted by molar-refractivity contribution is 7.80. The average Bonchev–Trinajstić information content (AvgIpc) is 2.58. The fourth-order valence-electron chi connectivity index (χ4n) is 3.47. The molecule has 0 aromatic heterocycles. The highest BCUT2D eigenvalue weighted by Gasteiger charge is 2.43. The Morgan fingerprint density at radius 3 is 2.24 bits per heavy atom. The Labute approximate surface area is 135 Å². The molecule has 0 saturated carbocycles. The summed E-state index contributed by atoms with van der Waals surface area (Å²) in [5, 5.41) is 0. The van der Waals surface area contributed by atoms with Gasteiger partial charge in [-0.15, -0.1) is 0 Å². The van der Waals surface area contributed by atoms with Crippen LogP contribution in [0.1, 0.15) is 72.6 Å². The van der Waals surface area contributed by atoms with Crippen molar-refractivity contribution >= 4 is 23.1 Å². The van der Waals surface area contributed by atoms with E-state index in [1.165, 1.54) is 6.42 Å². The zero-order chi connectivity index (χ0) is 16.1. The van der Waals surface area contributed by atoms with Crippen LogP contribution >= 0.6 is 12.2 Å².